The first-order valence-electron chi connectivity index (χ1n) is 6.86. The maximum absolute atomic E-state index is 6.44. The molecule has 0 bridgehead atoms. The van der Waals surface area contributed by atoms with Gasteiger partial charge in [0.1, 0.15) is 0 Å². The molecule has 0 saturated heterocycles. The second kappa shape index (κ2) is 5.11. The minimum Gasteiger partial charge on any atom is -0.327 e. The molecular weight excluding hydrogens is 226 g/mol. The molecule has 1 saturated carbocycles. The first kappa shape index (κ1) is 13.1. The zero-order valence-electron chi connectivity index (χ0n) is 11.3. The average molecular weight is 251 g/mol. The molecule has 1 aromatic rings. The van der Waals surface area contributed by atoms with Gasteiger partial charge < -0.3 is 5.73 Å². The Morgan fingerprint density at radius 3 is 2.65 bits per heavy atom. The number of rotatable bonds is 4. The van der Waals surface area contributed by atoms with E-state index >= 15 is 0 Å². The molecule has 0 spiro atoms. The van der Waals surface area contributed by atoms with Crippen LogP contribution in [-0.2, 0) is 12.8 Å². The van der Waals surface area contributed by atoms with Gasteiger partial charge in [-0.15, -0.1) is 11.3 Å². The number of thiophene rings is 1. The Hall–Kier alpha value is -0.340. The largest absolute Gasteiger partial charge is 0.327 e. The van der Waals surface area contributed by atoms with Crippen molar-refractivity contribution in [1.82, 2.24) is 0 Å². The summed E-state index contributed by atoms with van der Waals surface area (Å²) in [7, 11) is 0. The van der Waals surface area contributed by atoms with Gasteiger partial charge in [0.05, 0.1) is 0 Å². The van der Waals surface area contributed by atoms with Crippen molar-refractivity contribution >= 4 is 11.3 Å². The molecule has 0 aliphatic heterocycles. The number of nitrogens with two attached hydrogens (primary N) is 1. The van der Waals surface area contributed by atoms with Gasteiger partial charge in [0, 0.05) is 15.8 Å². The minimum absolute atomic E-state index is 0.343. The summed E-state index contributed by atoms with van der Waals surface area (Å²) in [5, 5.41) is 0. The lowest BCUT2D eigenvalue weighted by Crippen LogP contribution is -2.37. The van der Waals surface area contributed by atoms with E-state index < -0.39 is 0 Å². The summed E-state index contributed by atoms with van der Waals surface area (Å²) in [5.74, 6) is 0.703. The van der Waals surface area contributed by atoms with Gasteiger partial charge in [0.2, 0.25) is 0 Å². The third-order valence-corrected chi connectivity index (χ3v) is 5.61. The standard InChI is InChI=1S/C15H25NS/c1-4-11-7-8-12(17-11)10-14(16)13-6-5-9-15(13,2)3/h7-8,13-14H,4-6,9-10,16H2,1-3H3. The van der Waals surface area contributed by atoms with Crippen molar-refractivity contribution in [2.24, 2.45) is 17.1 Å². The second-order valence-electron chi connectivity index (χ2n) is 6.08. The van der Waals surface area contributed by atoms with Crippen LogP contribution in [0.15, 0.2) is 12.1 Å². The maximum atomic E-state index is 6.44. The summed E-state index contributed by atoms with van der Waals surface area (Å²) in [4.78, 5) is 2.95. The normalized spacial score (nSPS) is 25.1. The van der Waals surface area contributed by atoms with Crippen LogP contribution in [0.5, 0.6) is 0 Å². The van der Waals surface area contributed by atoms with Crippen LogP contribution < -0.4 is 5.73 Å². The topological polar surface area (TPSA) is 26.0 Å². The van der Waals surface area contributed by atoms with Crippen molar-refractivity contribution in [3.63, 3.8) is 0 Å². The molecule has 2 unspecified atom stereocenters. The molecule has 1 aliphatic carbocycles. The highest BCUT2D eigenvalue weighted by molar-refractivity contribution is 7.11. The van der Waals surface area contributed by atoms with Crippen molar-refractivity contribution in [2.45, 2.75) is 58.9 Å². The summed E-state index contributed by atoms with van der Waals surface area (Å²) in [6.07, 6.45) is 6.24. The molecule has 2 atom stereocenters. The Morgan fingerprint density at radius 1 is 1.41 bits per heavy atom. The van der Waals surface area contributed by atoms with E-state index in [4.69, 9.17) is 5.73 Å². The molecule has 1 aliphatic rings. The molecule has 17 heavy (non-hydrogen) atoms. The van der Waals surface area contributed by atoms with Crippen LogP contribution in [0.25, 0.3) is 0 Å². The highest BCUT2D eigenvalue weighted by Crippen LogP contribution is 2.44. The summed E-state index contributed by atoms with van der Waals surface area (Å²) < 4.78 is 0. The molecule has 0 radical (unpaired) electrons. The molecule has 1 fully saturated rings. The fraction of sp³-hybridized carbons (Fsp3) is 0.733. The fourth-order valence-corrected chi connectivity index (χ4v) is 4.27. The van der Waals surface area contributed by atoms with E-state index in [-0.39, 0.29) is 0 Å². The lowest BCUT2D eigenvalue weighted by Gasteiger charge is -2.31. The molecule has 96 valence electrons. The lowest BCUT2D eigenvalue weighted by molar-refractivity contribution is 0.220. The van der Waals surface area contributed by atoms with Gasteiger partial charge in [-0.1, -0.05) is 27.2 Å². The fourth-order valence-electron chi connectivity index (χ4n) is 3.24. The van der Waals surface area contributed by atoms with Crippen LogP contribution in [0.3, 0.4) is 0 Å². The van der Waals surface area contributed by atoms with Crippen LogP contribution in [0.1, 0.15) is 49.8 Å². The third-order valence-electron chi connectivity index (χ3n) is 4.36. The molecule has 1 heterocycles. The summed E-state index contributed by atoms with van der Waals surface area (Å²) in [6, 6.07) is 4.87. The Labute approximate surface area is 109 Å². The average Bonchev–Trinajstić information content (AvgIpc) is 2.84. The van der Waals surface area contributed by atoms with Crippen LogP contribution in [-0.4, -0.2) is 6.04 Å². The highest BCUT2D eigenvalue weighted by atomic mass is 32.1. The molecule has 0 aromatic carbocycles. The first-order valence-corrected chi connectivity index (χ1v) is 7.68. The monoisotopic (exact) mass is 251 g/mol. The van der Waals surface area contributed by atoms with Crippen LogP contribution in [0.2, 0.25) is 0 Å². The Morgan fingerprint density at radius 2 is 2.12 bits per heavy atom. The smallest absolute Gasteiger partial charge is 0.0121 e. The predicted octanol–water partition coefficient (Wildman–Crippen LogP) is 4.01. The van der Waals surface area contributed by atoms with Crippen LogP contribution in [0, 0.1) is 11.3 Å². The van der Waals surface area contributed by atoms with E-state index in [0.29, 0.717) is 17.4 Å². The first-order chi connectivity index (χ1) is 8.03. The number of hydrogen-bond donors (Lipinski definition) is 1. The van der Waals surface area contributed by atoms with E-state index in [1.165, 1.54) is 29.0 Å². The Bertz CT molecular complexity index is 367. The van der Waals surface area contributed by atoms with Crippen molar-refractivity contribution in [2.75, 3.05) is 0 Å². The maximum Gasteiger partial charge on any atom is 0.0121 e. The van der Waals surface area contributed by atoms with E-state index in [9.17, 15) is 0 Å². The number of hydrogen-bond acceptors (Lipinski definition) is 2. The molecule has 1 nitrogen and oxygen atoms in total. The van der Waals surface area contributed by atoms with Crippen molar-refractivity contribution in [3.8, 4) is 0 Å². The van der Waals surface area contributed by atoms with Gasteiger partial charge in [-0.3, -0.25) is 0 Å². The predicted molar refractivity (Wildman–Crippen MR) is 76.5 cm³/mol. The minimum atomic E-state index is 0.343. The lowest BCUT2D eigenvalue weighted by atomic mass is 9.77. The SMILES string of the molecule is CCc1ccc(CC(N)C2CCCC2(C)C)s1. The quantitative estimate of drug-likeness (QED) is 0.860. The van der Waals surface area contributed by atoms with Gasteiger partial charge in [-0.05, 0) is 49.1 Å². The summed E-state index contributed by atoms with van der Waals surface area (Å²) in [6.45, 7) is 6.99. The molecule has 1 aromatic heterocycles. The third kappa shape index (κ3) is 2.92. The van der Waals surface area contributed by atoms with Gasteiger partial charge in [-0.2, -0.15) is 0 Å². The van der Waals surface area contributed by atoms with Crippen molar-refractivity contribution < 1.29 is 0 Å². The summed E-state index contributed by atoms with van der Waals surface area (Å²) in [5.41, 5.74) is 6.89. The zero-order chi connectivity index (χ0) is 12.5. The van der Waals surface area contributed by atoms with Crippen molar-refractivity contribution in [3.05, 3.63) is 21.9 Å². The van der Waals surface area contributed by atoms with E-state index in [0.717, 1.165) is 12.8 Å². The zero-order valence-corrected chi connectivity index (χ0v) is 12.1. The second-order valence-corrected chi connectivity index (χ2v) is 7.33. The van der Waals surface area contributed by atoms with Gasteiger partial charge >= 0.3 is 0 Å². The van der Waals surface area contributed by atoms with Gasteiger partial charge in [0.25, 0.3) is 0 Å². The van der Waals surface area contributed by atoms with Crippen LogP contribution >= 0.6 is 11.3 Å². The van der Waals surface area contributed by atoms with Crippen LogP contribution in [0.4, 0.5) is 0 Å². The molecule has 2 N–H and O–H groups in total. The molecular formula is C15H25NS. The summed E-state index contributed by atoms with van der Waals surface area (Å²) >= 11 is 1.94. The molecule has 2 rings (SSSR count). The Balaban J connectivity index is 1.99. The van der Waals surface area contributed by atoms with E-state index in [2.05, 4.69) is 32.9 Å². The van der Waals surface area contributed by atoms with Gasteiger partial charge in [-0.25, -0.2) is 0 Å². The molecule has 2 heteroatoms. The highest BCUT2D eigenvalue weighted by Gasteiger charge is 2.38. The molecule has 0 amide bonds. The Kier molecular flexibility index (Phi) is 3.94. The van der Waals surface area contributed by atoms with E-state index in [1.54, 1.807) is 0 Å². The van der Waals surface area contributed by atoms with E-state index in [1.807, 2.05) is 11.3 Å². The van der Waals surface area contributed by atoms with Gasteiger partial charge in [0.15, 0.2) is 0 Å². The van der Waals surface area contributed by atoms with Crippen molar-refractivity contribution in [1.29, 1.82) is 0 Å². The number of aryl methyl sites for hydroxylation is 1.